The summed E-state index contributed by atoms with van der Waals surface area (Å²) in [5.74, 6) is -1.81. The van der Waals surface area contributed by atoms with Crippen LogP contribution in [0.1, 0.15) is 69.8 Å². The fraction of sp³-hybridized carbons (Fsp3) is 0.414. The van der Waals surface area contributed by atoms with Crippen LogP contribution in [0.4, 0.5) is 0 Å². The van der Waals surface area contributed by atoms with Crippen LogP contribution in [0.5, 0.6) is 11.5 Å². The number of allylic oxidation sites excluding steroid dienone is 2. The molecule has 6 rings (SSSR count). The van der Waals surface area contributed by atoms with Crippen LogP contribution >= 0.6 is 0 Å². The van der Waals surface area contributed by atoms with Crippen molar-refractivity contribution >= 4 is 23.1 Å². The molecule has 6 atom stereocenters. The molecule has 0 radical (unpaired) electrons. The molecule has 0 bridgehead atoms. The molecule has 0 spiro atoms. The van der Waals surface area contributed by atoms with Crippen LogP contribution in [0, 0.1) is 6.92 Å². The number of rotatable bonds is 2. The first-order chi connectivity index (χ1) is 19.1. The van der Waals surface area contributed by atoms with Gasteiger partial charge in [0.05, 0.1) is 23.3 Å². The minimum atomic E-state index is -1.09. The molecule has 3 aliphatic heterocycles. The highest BCUT2D eigenvalue weighted by Gasteiger charge is 2.47. The van der Waals surface area contributed by atoms with Gasteiger partial charge in [0.25, 0.3) is 0 Å². The van der Waals surface area contributed by atoms with E-state index in [4.69, 9.17) is 19.9 Å². The number of hydrogen-bond donors (Lipinski definition) is 4. The number of aryl methyl sites for hydroxylation is 1. The predicted molar refractivity (Wildman–Crippen MR) is 139 cm³/mol. The lowest BCUT2D eigenvalue weighted by Crippen LogP contribution is -2.48. The number of carbonyl (C=O) groups excluding carboxylic acids is 3. The summed E-state index contributed by atoms with van der Waals surface area (Å²) in [6.07, 6.45) is -4.21. The largest absolute Gasteiger partial charge is 0.507 e. The SMILES string of the molecule is Cc1cc(O)c2c(c1)[C@H]1OC(=O)[C@H](N)CCCN1C1=C2C(=O)c2cccc(O[C@H]3C[C@@H](O)[C@@H](O)[C@H](C)O3)c2C1=O. The third-order valence-electron chi connectivity index (χ3n) is 7.93. The molecule has 210 valence electrons. The zero-order valence-electron chi connectivity index (χ0n) is 22.0. The lowest BCUT2D eigenvalue weighted by atomic mass is 9.78. The molecule has 2 aromatic rings. The molecular weight excluding hydrogens is 520 g/mol. The molecule has 11 heteroatoms. The first-order valence-electron chi connectivity index (χ1n) is 13.3. The highest BCUT2D eigenvalue weighted by molar-refractivity contribution is 6.41. The van der Waals surface area contributed by atoms with Gasteiger partial charge in [-0.05, 0) is 50.5 Å². The van der Waals surface area contributed by atoms with Crippen LogP contribution in [-0.2, 0) is 14.3 Å². The lowest BCUT2D eigenvalue weighted by Gasteiger charge is -2.43. The molecular formula is C29H30N2O9. The number of esters is 1. The van der Waals surface area contributed by atoms with Crippen molar-refractivity contribution in [2.45, 2.75) is 70.0 Å². The Kier molecular flexibility index (Phi) is 6.42. The van der Waals surface area contributed by atoms with Crippen molar-refractivity contribution in [2.75, 3.05) is 6.54 Å². The molecule has 40 heavy (non-hydrogen) atoms. The number of aliphatic hydroxyl groups is 2. The predicted octanol–water partition coefficient (Wildman–Crippen LogP) is 1.70. The van der Waals surface area contributed by atoms with E-state index in [9.17, 15) is 29.7 Å². The number of hydrogen-bond acceptors (Lipinski definition) is 11. The summed E-state index contributed by atoms with van der Waals surface area (Å²) in [6, 6.07) is 7.00. The highest BCUT2D eigenvalue weighted by Crippen LogP contribution is 2.50. The number of Topliss-reactive ketones (excluding diaryl/α,β-unsaturated/α-hetero) is 2. The highest BCUT2D eigenvalue weighted by atomic mass is 16.7. The number of ether oxygens (including phenoxy) is 3. The standard InChI is InChI=1S/C29H30N2O9/c1-12-9-15-21(17(32)10-12)23-24(31-8-4-6-16(30)29(37)40-28(15)31)27(36)22-14(26(23)35)5-3-7-19(22)39-20-11-18(33)25(34)13(2)38-20/h3,5,7,9-10,13,16,18,20,25,28,32-34H,4,6,8,11,30H2,1-2H3/t13-,16+,18+,20-,25-,28+/m0/s1. The van der Waals surface area contributed by atoms with Crippen molar-refractivity contribution in [3.05, 3.63) is 63.8 Å². The first kappa shape index (κ1) is 26.5. The van der Waals surface area contributed by atoms with Crippen molar-refractivity contribution in [3.63, 3.8) is 0 Å². The van der Waals surface area contributed by atoms with E-state index < -0.39 is 54.4 Å². The third-order valence-corrected chi connectivity index (χ3v) is 7.93. The summed E-state index contributed by atoms with van der Waals surface area (Å²) in [4.78, 5) is 42.8. The Balaban J connectivity index is 1.49. The van der Waals surface area contributed by atoms with E-state index >= 15 is 0 Å². The average Bonchev–Trinajstić information content (AvgIpc) is 2.89. The number of benzene rings is 2. The quantitative estimate of drug-likeness (QED) is 0.402. The Labute approximate surface area is 229 Å². The fourth-order valence-corrected chi connectivity index (χ4v) is 5.98. The molecule has 11 nitrogen and oxygen atoms in total. The van der Waals surface area contributed by atoms with Crippen molar-refractivity contribution in [1.29, 1.82) is 0 Å². The van der Waals surface area contributed by atoms with E-state index in [1.807, 2.05) is 0 Å². The van der Waals surface area contributed by atoms with E-state index in [0.29, 0.717) is 24.0 Å². The number of aliphatic hydroxyl groups excluding tert-OH is 2. The summed E-state index contributed by atoms with van der Waals surface area (Å²) in [7, 11) is 0. The average molecular weight is 551 g/mol. The number of carbonyl (C=O) groups is 3. The number of nitrogens with two attached hydrogens (primary N) is 1. The van der Waals surface area contributed by atoms with Crippen LogP contribution in [0.2, 0.25) is 0 Å². The number of phenols is 1. The summed E-state index contributed by atoms with van der Waals surface area (Å²) in [5, 5.41) is 31.3. The molecule has 0 saturated carbocycles. The Morgan fingerprint density at radius 2 is 1.88 bits per heavy atom. The number of ketones is 2. The van der Waals surface area contributed by atoms with Crippen LogP contribution in [0.15, 0.2) is 36.0 Å². The second-order valence-corrected chi connectivity index (χ2v) is 10.7. The minimum Gasteiger partial charge on any atom is -0.507 e. The van der Waals surface area contributed by atoms with Gasteiger partial charge in [-0.1, -0.05) is 12.1 Å². The molecule has 1 aliphatic carbocycles. The summed E-state index contributed by atoms with van der Waals surface area (Å²) in [6.45, 7) is 3.63. The molecule has 0 aromatic heterocycles. The normalized spacial score (nSPS) is 29.9. The molecule has 2 aromatic carbocycles. The van der Waals surface area contributed by atoms with Gasteiger partial charge in [-0.2, -0.15) is 0 Å². The van der Waals surface area contributed by atoms with Gasteiger partial charge in [0.2, 0.25) is 18.3 Å². The van der Waals surface area contributed by atoms with Crippen molar-refractivity contribution in [2.24, 2.45) is 5.73 Å². The summed E-state index contributed by atoms with van der Waals surface area (Å²) in [5.41, 5.74) is 7.33. The van der Waals surface area contributed by atoms with Gasteiger partial charge in [-0.15, -0.1) is 0 Å². The van der Waals surface area contributed by atoms with Crippen molar-refractivity contribution in [3.8, 4) is 11.5 Å². The maximum Gasteiger partial charge on any atom is 0.325 e. The molecule has 0 amide bonds. The molecule has 3 heterocycles. The number of nitrogens with zero attached hydrogens (tertiary/aromatic N) is 1. The fourth-order valence-electron chi connectivity index (χ4n) is 5.98. The minimum absolute atomic E-state index is 0.00172. The monoisotopic (exact) mass is 550 g/mol. The molecule has 0 unspecified atom stereocenters. The van der Waals surface area contributed by atoms with Crippen molar-refractivity contribution < 1.29 is 43.9 Å². The van der Waals surface area contributed by atoms with Crippen LogP contribution in [0.3, 0.4) is 0 Å². The number of fused-ring (bicyclic) bond motifs is 6. The van der Waals surface area contributed by atoms with Gasteiger partial charge in [-0.3, -0.25) is 14.4 Å². The Morgan fingerprint density at radius 1 is 1.10 bits per heavy atom. The molecule has 2 saturated heterocycles. The van der Waals surface area contributed by atoms with Crippen LogP contribution in [-0.4, -0.2) is 74.9 Å². The summed E-state index contributed by atoms with van der Waals surface area (Å²) < 4.78 is 17.5. The Bertz CT molecular complexity index is 1460. The van der Waals surface area contributed by atoms with Crippen LogP contribution < -0.4 is 10.5 Å². The molecule has 4 aliphatic rings. The lowest BCUT2D eigenvalue weighted by molar-refractivity contribution is -0.216. The van der Waals surface area contributed by atoms with E-state index in [1.54, 1.807) is 30.9 Å². The topological polar surface area (TPSA) is 169 Å². The number of phenolic OH excluding ortho intramolecular Hbond substituents is 1. The zero-order chi connectivity index (χ0) is 28.5. The third kappa shape index (κ3) is 4.08. The van der Waals surface area contributed by atoms with E-state index in [2.05, 4.69) is 0 Å². The molecule has 2 fully saturated rings. The van der Waals surface area contributed by atoms with Crippen molar-refractivity contribution in [1.82, 2.24) is 4.90 Å². The Hall–Kier alpha value is -3.77. The summed E-state index contributed by atoms with van der Waals surface area (Å²) >= 11 is 0. The zero-order valence-corrected chi connectivity index (χ0v) is 22.0. The van der Waals surface area contributed by atoms with Crippen LogP contribution in [0.25, 0.3) is 5.57 Å². The maximum atomic E-state index is 14.3. The number of aromatic hydroxyl groups is 1. The second kappa shape index (κ2) is 9.70. The van der Waals surface area contributed by atoms with E-state index in [1.165, 1.54) is 18.2 Å². The van der Waals surface area contributed by atoms with Gasteiger partial charge in [0.15, 0.2) is 5.78 Å². The van der Waals surface area contributed by atoms with Gasteiger partial charge < -0.3 is 40.2 Å². The van der Waals surface area contributed by atoms with Gasteiger partial charge in [0, 0.05) is 29.7 Å². The second-order valence-electron chi connectivity index (χ2n) is 10.7. The maximum absolute atomic E-state index is 14.3. The van der Waals surface area contributed by atoms with E-state index in [0.717, 1.165) is 0 Å². The van der Waals surface area contributed by atoms with Gasteiger partial charge in [-0.25, -0.2) is 0 Å². The van der Waals surface area contributed by atoms with Gasteiger partial charge >= 0.3 is 5.97 Å². The molecule has 5 N–H and O–H groups in total. The Morgan fingerprint density at radius 3 is 2.62 bits per heavy atom. The van der Waals surface area contributed by atoms with E-state index in [-0.39, 0.29) is 52.4 Å². The smallest absolute Gasteiger partial charge is 0.325 e. The van der Waals surface area contributed by atoms with Gasteiger partial charge in [0.1, 0.15) is 29.3 Å². The first-order valence-corrected chi connectivity index (χ1v) is 13.3.